The van der Waals surface area contributed by atoms with Crippen LogP contribution in [-0.4, -0.2) is 12.0 Å². The summed E-state index contributed by atoms with van der Waals surface area (Å²) < 4.78 is 5.61. The molecule has 1 N–H and O–H groups in total. The molecule has 0 aromatic heterocycles. The van der Waals surface area contributed by atoms with Crippen LogP contribution in [0.5, 0.6) is 5.75 Å². The van der Waals surface area contributed by atoms with E-state index in [4.69, 9.17) is 10.00 Å². The molecule has 0 aliphatic carbocycles. The van der Waals surface area contributed by atoms with Gasteiger partial charge >= 0.3 is 0 Å². The van der Waals surface area contributed by atoms with Gasteiger partial charge in [-0.15, -0.1) is 0 Å². The molecule has 2 unspecified atom stereocenters. The van der Waals surface area contributed by atoms with Crippen molar-refractivity contribution >= 4 is 11.6 Å². The van der Waals surface area contributed by atoms with Crippen molar-refractivity contribution in [3.05, 3.63) is 59.7 Å². The minimum absolute atomic E-state index is 0.212. The van der Waals surface area contributed by atoms with Crippen LogP contribution < -0.4 is 10.1 Å². The van der Waals surface area contributed by atoms with Gasteiger partial charge in [-0.3, -0.25) is 4.79 Å². The zero-order chi connectivity index (χ0) is 17.5. The molecule has 0 saturated heterocycles. The minimum Gasteiger partial charge on any atom is -0.481 e. The molecule has 0 aliphatic rings. The molecule has 0 heterocycles. The quantitative estimate of drug-likeness (QED) is 0.853. The van der Waals surface area contributed by atoms with Crippen LogP contribution in [0.2, 0.25) is 0 Å². The summed E-state index contributed by atoms with van der Waals surface area (Å²) in [4.78, 5) is 12.2. The maximum absolute atomic E-state index is 12.2. The average molecular weight is 322 g/mol. The molecule has 0 bridgehead atoms. The number of carbonyl (C=O) groups is 1. The van der Waals surface area contributed by atoms with E-state index in [-0.39, 0.29) is 5.91 Å². The number of ether oxygens (including phenoxy) is 1. The fraction of sp³-hybridized carbons (Fsp3) is 0.300. The van der Waals surface area contributed by atoms with Gasteiger partial charge in [-0.25, -0.2) is 0 Å². The summed E-state index contributed by atoms with van der Waals surface area (Å²) in [7, 11) is 0. The van der Waals surface area contributed by atoms with E-state index in [1.807, 2.05) is 30.3 Å². The topological polar surface area (TPSA) is 62.1 Å². The Labute approximate surface area is 143 Å². The third-order valence-corrected chi connectivity index (χ3v) is 4.03. The number of amides is 1. The minimum atomic E-state index is -0.632. The van der Waals surface area contributed by atoms with E-state index in [0.29, 0.717) is 17.2 Å². The lowest BCUT2D eigenvalue weighted by molar-refractivity contribution is -0.122. The zero-order valence-electron chi connectivity index (χ0n) is 14.2. The van der Waals surface area contributed by atoms with E-state index >= 15 is 0 Å². The number of anilines is 1. The summed E-state index contributed by atoms with van der Waals surface area (Å²) in [5, 5.41) is 11.6. The van der Waals surface area contributed by atoms with E-state index in [1.54, 1.807) is 31.2 Å². The predicted octanol–water partition coefficient (Wildman–Crippen LogP) is 4.48. The monoisotopic (exact) mass is 322 g/mol. The standard InChI is InChI=1S/C20H22N2O2/c1-4-14(2)17-7-9-18(10-8-17)22-20(23)15(3)24-19-11-5-16(13-21)6-12-19/h5-12,14-15H,4H2,1-3H3,(H,22,23). The van der Waals surface area contributed by atoms with Crippen molar-refractivity contribution in [1.29, 1.82) is 5.26 Å². The average Bonchev–Trinajstić information content (AvgIpc) is 2.62. The summed E-state index contributed by atoms with van der Waals surface area (Å²) >= 11 is 0. The zero-order valence-corrected chi connectivity index (χ0v) is 14.2. The molecule has 4 heteroatoms. The molecule has 1 amide bonds. The fourth-order valence-electron chi connectivity index (χ4n) is 2.24. The van der Waals surface area contributed by atoms with Gasteiger partial charge in [0.25, 0.3) is 5.91 Å². The molecule has 124 valence electrons. The Kier molecular flexibility index (Phi) is 5.97. The number of nitriles is 1. The highest BCUT2D eigenvalue weighted by Crippen LogP contribution is 2.21. The lowest BCUT2D eigenvalue weighted by Gasteiger charge is -2.15. The summed E-state index contributed by atoms with van der Waals surface area (Å²) in [5.74, 6) is 0.854. The Hall–Kier alpha value is -2.80. The van der Waals surface area contributed by atoms with Crippen LogP contribution in [-0.2, 0) is 4.79 Å². The van der Waals surface area contributed by atoms with E-state index in [0.717, 1.165) is 12.1 Å². The molecule has 2 aromatic rings. The Morgan fingerprint density at radius 3 is 2.29 bits per heavy atom. The lowest BCUT2D eigenvalue weighted by atomic mass is 9.99. The molecule has 2 aromatic carbocycles. The summed E-state index contributed by atoms with van der Waals surface area (Å²) in [6.07, 6.45) is 0.452. The molecule has 2 rings (SSSR count). The second-order valence-electron chi connectivity index (χ2n) is 5.82. The third kappa shape index (κ3) is 4.60. The van der Waals surface area contributed by atoms with Crippen molar-refractivity contribution in [3.63, 3.8) is 0 Å². The van der Waals surface area contributed by atoms with Gasteiger partial charge in [0.1, 0.15) is 5.75 Å². The molecule has 0 aliphatic heterocycles. The van der Waals surface area contributed by atoms with Crippen LogP contribution >= 0.6 is 0 Å². The van der Waals surface area contributed by atoms with E-state index in [2.05, 4.69) is 19.2 Å². The van der Waals surface area contributed by atoms with Gasteiger partial charge in [-0.1, -0.05) is 26.0 Å². The van der Waals surface area contributed by atoms with Crippen molar-refractivity contribution in [1.82, 2.24) is 0 Å². The molecular weight excluding hydrogens is 300 g/mol. The highest BCUT2D eigenvalue weighted by molar-refractivity contribution is 5.94. The highest BCUT2D eigenvalue weighted by Gasteiger charge is 2.15. The van der Waals surface area contributed by atoms with Crippen LogP contribution in [0.1, 0.15) is 44.2 Å². The van der Waals surface area contributed by atoms with Crippen LogP contribution in [0.25, 0.3) is 0 Å². The molecule has 0 fully saturated rings. The van der Waals surface area contributed by atoms with Crippen LogP contribution in [0.4, 0.5) is 5.69 Å². The summed E-state index contributed by atoms with van der Waals surface area (Å²) in [6.45, 7) is 6.03. The molecule has 0 radical (unpaired) electrons. The molecule has 0 spiro atoms. The second kappa shape index (κ2) is 8.16. The molecule has 0 saturated carbocycles. The number of benzene rings is 2. The number of nitrogens with one attached hydrogen (secondary N) is 1. The van der Waals surface area contributed by atoms with Crippen molar-refractivity contribution < 1.29 is 9.53 Å². The van der Waals surface area contributed by atoms with Gasteiger partial charge in [0.05, 0.1) is 11.6 Å². The predicted molar refractivity (Wildman–Crippen MR) is 95.0 cm³/mol. The van der Waals surface area contributed by atoms with Crippen molar-refractivity contribution in [2.45, 2.75) is 39.2 Å². The maximum atomic E-state index is 12.2. The largest absolute Gasteiger partial charge is 0.481 e. The van der Waals surface area contributed by atoms with Gasteiger partial charge in [-0.2, -0.15) is 5.26 Å². The summed E-state index contributed by atoms with van der Waals surface area (Å²) in [5.41, 5.74) is 2.57. The number of nitrogens with zero attached hydrogens (tertiary/aromatic N) is 1. The van der Waals surface area contributed by atoms with Gasteiger partial charge in [0.15, 0.2) is 6.10 Å². The van der Waals surface area contributed by atoms with Crippen LogP contribution in [0, 0.1) is 11.3 Å². The first kappa shape index (κ1) is 17.6. The highest BCUT2D eigenvalue weighted by atomic mass is 16.5. The van der Waals surface area contributed by atoms with Crippen molar-refractivity contribution in [2.75, 3.05) is 5.32 Å². The van der Waals surface area contributed by atoms with E-state index < -0.39 is 6.10 Å². The van der Waals surface area contributed by atoms with Crippen molar-refractivity contribution in [2.24, 2.45) is 0 Å². The van der Waals surface area contributed by atoms with Gasteiger partial charge in [0, 0.05) is 5.69 Å². The molecule has 24 heavy (non-hydrogen) atoms. The van der Waals surface area contributed by atoms with Crippen LogP contribution in [0.3, 0.4) is 0 Å². The Morgan fingerprint density at radius 1 is 1.12 bits per heavy atom. The normalized spacial score (nSPS) is 12.8. The third-order valence-electron chi connectivity index (χ3n) is 4.03. The summed E-state index contributed by atoms with van der Waals surface area (Å²) in [6, 6.07) is 16.6. The second-order valence-corrected chi connectivity index (χ2v) is 5.82. The number of rotatable bonds is 6. The first-order valence-corrected chi connectivity index (χ1v) is 8.11. The first-order chi connectivity index (χ1) is 11.5. The maximum Gasteiger partial charge on any atom is 0.265 e. The van der Waals surface area contributed by atoms with Crippen LogP contribution in [0.15, 0.2) is 48.5 Å². The first-order valence-electron chi connectivity index (χ1n) is 8.11. The molecule has 4 nitrogen and oxygen atoms in total. The number of hydrogen-bond acceptors (Lipinski definition) is 3. The van der Waals surface area contributed by atoms with Crippen molar-refractivity contribution in [3.8, 4) is 11.8 Å². The van der Waals surface area contributed by atoms with Gasteiger partial charge in [0.2, 0.25) is 0 Å². The molecular formula is C20H22N2O2. The van der Waals surface area contributed by atoms with Gasteiger partial charge in [-0.05, 0) is 61.2 Å². The number of hydrogen-bond donors (Lipinski definition) is 1. The lowest BCUT2D eigenvalue weighted by Crippen LogP contribution is -2.30. The molecule has 2 atom stereocenters. The van der Waals surface area contributed by atoms with E-state index in [1.165, 1.54) is 5.56 Å². The fourth-order valence-corrected chi connectivity index (χ4v) is 2.24. The van der Waals surface area contributed by atoms with E-state index in [9.17, 15) is 4.79 Å². The Morgan fingerprint density at radius 2 is 1.75 bits per heavy atom. The van der Waals surface area contributed by atoms with Gasteiger partial charge < -0.3 is 10.1 Å². The Balaban J connectivity index is 1.94. The smallest absolute Gasteiger partial charge is 0.265 e. The SMILES string of the molecule is CCC(C)c1ccc(NC(=O)C(C)Oc2ccc(C#N)cc2)cc1. The Bertz CT molecular complexity index is 715. The number of carbonyl (C=O) groups excluding carboxylic acids is 1.